The van der Waals surface area contributed by atoms with Gasteiger partial charge in [-0.3, -0.25) is 4.79 Å². The van der Waals surface area contributed by atoms with Gasteiger partial charge in [0.15, 0.2) is 0 Å². The van der Waals surface area contributed by atoms with E-state index in [0.29, 0.717) is 6.54 Å². The van der Waals surface area contributed by atoms with Gasteiger partial charge in [0.2, 0.25) is 5.91 Å². The molecule has 0 unspecified atom stereocenters. The minimum absolute atomic E-state index is 0.128. The zero-order chi connectivity index (χ0) is 12.2. The zero-order valence-electron chi connectivity index (χ0n) is 10.4. The van der Waals surface area contributed by atoms with Crippen molar-refractivity contribution >= 4 is 17.2 Å². The molecule has 16 heavy (non-hydrogen) atoms. The Morgan fingerprint density at radius 3 is 2.75 bits per heavy atom. The van der Waals surface area contributed by atoms with Crippen molar-refractivity contribution in [1.82, 2.24) is 10.2 Å². The molecule has 1 aromatic rings. The summed E-state index contributed by atoms with van der Waals surface area (Å²) in [5.41, 5.74) is -0.485. The summed E-state index contributed by atoms with van der Waals surface area (Å²) in [7, 11) is 1.85. The first-order valence-corrected chi connectivity index (χ1v) is 6.38. The lowest BCUT2D eigenvalue weighted by Crippen LogP contribution is -2.52. The molecule has 1 rings (SSSR count). The number of carbonyl (C=O) groups excluding carboxylic acids is 1. The van der Waals surface area contributed by atoms with E-state index in [0.717, 1.165) is 6.54 Å². The topological polar surface area (TPSA) is 32.3 Å². The molecular formula is C12H20N2OS. The summed E-state index contributed by atoms with van der Waals surface area (Å²) in [6.45, 7) is 7.33. The van der Waals surface area contributed by atoms with Crippen LogP contribution in [0.15, 0.2) is 17.5 Å². The Kier molecular flexibility index (Phi) is 4.50. The van der Waals surface area contributed by atoms with E-state index in [4.69, 9.17) is 0 Å². The Balaban J connectivity index is 2.60. The second kappa shape index (κ2) is 5.46. The van der Waals surface area contributed by atoms with E-state index >= 15 is 0 Å². The van der Waals surface area contributed by atoms with Gasteiger partial charge >= 0.3 is 0 Å². The van der Waals surface area contributed by atoms with Crippen LogP contribution < -0.4 is 5.32 Å². The summed E-state index contributed by atoms with van der Waals surface area (Å²) in [5.74, 6) is 0.128. The highest BCUT2D eigenvalue weighted by atomic mass is 32.1. The third-order valence-corrected chi connectivity index (χ3v) is 3.33. The summed E-state index contributed by atoms with van der Waals surface area (Å²) >= 11 is 1.68. The molecule has 0 aliphatic carbocycles. The zero-order valence-corrected chi connectivity index (χ0v) is 11.2. The Morgan fingerprint density at radius 1 is 1.56 bits per heavy atom. The average Bonchev–Trinajstić information content (AvgIpc) is 2.69. The molecule has 0 saturated carbocycles. The highest BCUT2D eigenvalue weighted by Crippen LogP contribution is 2.14. The van der Waals surface area contributed by atoms with Gasteiger partial charge in [-0.25, -0.2) is 0 Å². The standard InChI is InChI=1S/C12H20N2OS/c1-5-13-12(2,3)11(15)14(4)9-10-7-6-8-16-10/h6-8,13H,5,9H2,1-4H3. The van der Waals surface area contributed by atoms with Crippen LogP contribution in [0.25, 0.3) is 0 Å². The number of carbonyl (C=O) groups is 1. The first-order valence-electron chi connectivity index (χ1n) is 5.50. The van der Waals surface area contributed by atoms with Crippen LogP contribution in [-0.4, -0.2) is 29.9 Å². The second-order valence-electron chi connectivity index (χ2n) is 4.40. The van der Waals surface area contributed by atoms with E-state index < -0.39 is 5.54 Å². The van der Waals surface area contributed by atoms with Crippen molar-refractivity contribution in [2.24, 2.45) is 0 Å². The monoisotopic (exact) mass is 240 g/mol. The number of hydrogen-bond acceptors (Lipinski definition) is 3. The Bertz CT molecular complexity index is 333. The van der Waals surface area contributed by atoms with Crippen molar-refractivity contribution in [2.75, 3.05) is 13.6 Å². The van der Waals surface area contributed by atoms with E-state index in [2.05, 4.69) is 11.4 Å². The van der Waals surface area contributed by atoms with E-state index in [1.807, 2.05) is 39.3 Å². The summed E-state index contributed by atoms with van der Waals surface area (Å²) in [6, 6.07) is 4.06. The van der Waals surface area contributed by atoms with Gasteiger partial charge in [-0.05, 0) is 31.8 Å². The van der Waals surface area contributed by atoms with E-state index in [1.54, 1.807) is 16.2 Å². The third-order valence-electron chi connectivity index (χ3n) is 2.47. The number of likely N-dealkylation sites (N-methyl/N-ethyl adjacent to an activating group) is 2. The predicted octanol–water partition coefficient (Wildman–Crippen LogP) is 2.09. The molecular weight excluding hydrogens is 220 g/mol. The van der Waals surface area contributed by atoms with Crippen LogP contribution in [0.3, 0.4) is 0 Å². The lowest BCUT2D eigenvalue weighted by Gasteiger charge is -2.29. The number of nitrogens with zero attached hydrogens (tertiary/aromatic N) is 1. The molecule has 0 aliphatic rings. The van der Waals surface area contributed by atoms with Gasteiger partial charge in [0.25, 0.3) is 0 Å². The molecule has 1 heterocycles. The summed E-state index contributed by atoms with van der Waals surface area (Å²) in [4.78, 5) is 15.1. The van der Waals surface area contributed by atoms with Crippen molar-refractivity contribution in [3.63, 3.8) is 0 Å². The van der Waals surface area contributed by atoms with Crippen LogP contribution in [0.1, 0.15) is 25.6 Å². The maximum Gasteiger partial charge on any atom is 0.242 e. The van der Waals surface area contributed by atoms with Gasteiger partial charge in [-0.1, -0.05) is 13.0 Å². The maximum atomic E-state index is 12.1. The van der Waals surface area contributed by atoms with Crippen LogP contribution in [0.4, 0.5) is 0 Å². The van der Waals surface area contributed by atoms with Crippen molar-refractivity contribution in [3.8, 4) is 0 Å². The normalized spacial score (nSPS) is 11.5. The Morgan fingerprint density at radius 2 is 2.25 bits per heavy atom. The fraction of sp³-hybridized carbons (Fsp3) is 0.583. The highest BCUT2D eigenvalue weighted by molar-refractivity contribution is 7.09. The van der Waals surface area contributed by atoms with Crippen molar-refractivity contribution in [1.29, 1.82) is 0 Å². The average molecular weight is 240 g/mol. The quantitative estimate of drug-likeness (QED) is 0.855. The first-order chi connectivity index (χ1) is 7.47. The fourth-order valence-electron chi connectivity index (χ4n) is 1.70. The molecule has 0 aliphatic heterocycles. The molecule has 0 atom stereocenters. The molecule has 0 spiro atoms. The van der Waals surface area contributed by atoms with Crippen LogP contribution in [-0.2, 0) is 11.3 Å². The molecule has 90 valence electrons. The molecule has 4 heteroatoms. The molecule has 0 aromatic carbocycles. The predicted molar refractivity (Wildman–Crippen MR) is 68.5 cm³/mol. The molecule has 0 saturated heterocycles. The molecule has 0 bridgehead atoms. The molecule has 0 radical (unpaired) electrons. The molecule has 1 amide bonds. The van der Waals surface area contributed by atoms with E-state index in [-0.39, 0.29) is 5.91 Å². The van der Waals surface area contributed by atoms with Crippen LogP contribution >= 0.6 is 11.3 Å². The first kappa shape index (κ1) is 13.2. The van der Waals surface area contributed by atoms with Crippen LogP contribution in [0.2, 0.25) is 0 Å². The largest absolute Gasteiger partial charge is 0.339 e. The van der Waals surface area contributed by atoms with Gasteiger partial charge in [0, 0.05) is 11.9 Å². The number of nitrogens with one attached hydrogen (secondary N) is 1. The highest BCUT2D eigenvalue weighted by Gasteiger charge is 2.29. The number of rotatable bonds is 5. The molecule has 1 aromatic heterocycles. The van der Waals surface area contributed by atoms with Crippen molar-refractivity contribution < 1.29 is 4.79 Å². The third kappa shape index (κ3) is 3.32. The van der Waals surface area contributed by atoms with Gasteiger partial charge in [0.05, 0.1) is 12.1 Å². The summed E-state index contributed by atoms with van der Waals surface area (Å²) in [5, 5.41) is 5.23. The minimum Gasteiger partial charge on any atom is -0.339 e. The fourth-order valence-corrected chi connectivity index (χ4v) is 2.46. The van der Waals surface area contributed by atoms with Crippen molar-refractivity contribution in [3.05, 3.63) is 22.4 Å². The van der Waals surface area contributed by atoms with Crippen LogP contribution in [0, 0.1) is 0 Å². The summed E-state index contributed by atoms with van der Waals surface area (Å²) < 4.78 is 0. The molecule has 1 N–H and O–H groups in total. The molecule has 0 fully saturated rings. The van der Waals surface area contributed by atoms with Crippen molar-refractivity contribution in [2.45, 2.75) is 32.9 Å². The number of hydrogen-bond donors (Lipinski definition) is 1. The lowest BCUT2D eigenvalue weighted by molar-refractivity contribution is -0.136. The van der Waals surface area contributed by atoms with Gasteiger partial charge in [0.1, 0.15) is 0 Å². The van der Waals surface area contributed by atoms with E-state index in [1.165, 1.54) is 4.88 Å². The summed E-state index contributed by atoms with van der Waals surface area (Å²) in [6.07, 6.45) is 0. The van der Waals surface area contributed by atoms with Gasteiger partial charge in [-0.2, -0.15) is 0 Å². The van der Waals surface area contributed by atoms with E-state index in [9.17, 15) is 4.79 Å². The number of thiophene rings is 1. The van der Waals surface area contributed by atoms with Gasteiger partial charge in [-0.15, -0.1) is 11.3 Å². The number of amides is 1. The molecule has 3 nitrogen and oxygen atoms in total. The lowest BCUT2D eigenvalue weighted by atomic mass is 10.0. The minimum atomic E-state index is -0.485. The van der Waals surface area contributed by atoms with Crippen LogP contribution in [0.5, 0.6) is 0 Å². The SMILES string of the molecule is CCNC(C)(C)C(=O)N(C)Cc1cccs1. The smallest absolute Gasteiger partial charge is 0.242 e. The maximum absolute atomic E-state index is 12.1. The second-order valence-corrected chi connectivity index (χ2v) is 5.43. The van der Waals surface area contributed by atoms with Gasteiger partial charge < -0.3 is 10.2 Å². The Labute approximate surface area is 101 Å². The Hall–Kier alpha value is -0.870.